The molecule has 0 spiro atoms. The molecule has 0 aromatic rings. The molecule has 2 atom stereocenters. The standard InChI is InChI=1S/C32H66O11/c1-29(2)26-31(5)28-32(27-30(3)4)43-25-24-42-23-22-41-21-20-40-19-18-39-17-16-38-15-14-37-13-12-36-11-10-35-9-8-34-7-6-33/h29-33H,6-28H2,1-5H3. The Morgan fingerprint density at radius 2 is 0.628 bits per heavy atom. The second-order valence-corrected chi connectivity index (χ2v) is 11.3. The Hall–Kier alpha value is -0.440. The van der Waals surface area contributed by atoms with Gasteiger partial charge in [0.2, 0.25) is 0 Å². The van der Waals surface area contributed by atoms with Crippen molar-refractivity contribution in [2.75, 3.05) is 132 Å². The van der Waals surface area contributed by atoms with Gasteiger partial charge in [-0.05, 0) is 37.0 Å². The summed E-state index contributed by atoms with van der Waals surface area (Å²) in [5, 5.41) is 8.58. The van der Waals surface area contributed by atoms with Gasteiger partial charge in [0.25, 0.3) is 0 Å². The minimum Gasteiger partial charge on any atom is -0.394 e. The van der Waals surface area contributed by atoms with Gasteiger partial charge in [-0.25, -0.2) is 0 Å². The Morgan fingerprint density at radius 1 is 0.349 bits per heavy atom. The van der Waals surface area contributed by atoms with Gasteiger partial charge in [0, 0.05) is 0 Å². The number of aliphatic hydroxyl groups is 1. The molecule has 0 rings (SSSR count). The van der Waals surface area contributed by atoms with Gasteiger partial charge < -0.3 is 52.5 Å². The lowest BCUT2D eigenvalue weighted by Crippen LogP contribution is -2.22. The Morgan fingerprint density at radius 3 is 0.907 bits per heavy atom. The first-order chi connectivity index (χ1) is 21.0. The Kier molecular flexibility index (Phi) is 34.1. The molecule has 2 unspecified atom stereocenters. The molecule has 0 aromatic heterocycles. The molecule has 0 amide bonds. The average Bonchev–Trinajstić information content (AvgIpc) is 2.95. The monoisotopic (exact) mass is 626 g/mol. The Bertz CT molecular complexity index is 526. The molecule has 0 aliphatic rings. The smallest absolute Gasteiger partial charge is 0.0704 e. The zero-order chi connectivity index (χ0) is 31.6. The van der Waals surface area contributed by atoms with E-state index in [-0.39, 0.29) is 6.61 Å². The van der Waals surface area contributed by atoms with E-state index in [1.165, 1.54) is 6.42 Å². The van der Waals surface area contributed by atoms with Gasteiger partial charge in [0.05, 0.1) is 138 Å². The molecule has 0 fully saturated rings. The summed E-state index contributed by atoms with van der Waals surface area (Å²) in [5.41, 5.74) is 0. The number of aliphatic hydroxyl groups excluding tert-OH is 1. The summed E-state index contributed by atoms with van der Waals surface area (Å²) in [6, 6.07) is 0. The van der Waals surface area contributed by atoms with E-state index >= 15 is 0 Å². The minimum atomic E-state index is 0.0292. The number of hydrogen-bond acceptors (Lipinski definition) is 11. The van der Waals surface area contributed by atoms with Crippen molar-refractivity contribution in [1.29, 1.82) is 0 Å². The summed E-state index contributed by atoms with van der Waals surface area (Å²) in [6.45, 7) is 21.3. The van der Waals surface area contributed by atoms with Gasteiger partial charge in [-0.1, -0.05) is 34.6 Å². The van der Waals surface area contributed by atoms with Gasteiger partial charge in [-0.15, -0.1) is 0 Å². The predicted octanol–water partition coefficient (Wildman–Crippen LogP) is 3.63. The summed E-state index contributed by atoms with van der Waals surface area (Å²) in [5.74, 6) is 2.05. The summed E-state index contributed by atoms with van der Waals surface area (Å²) < 4.78 is 55.1. The van der Waals surface area contributed by atoms with Crippen LogP contribution in [-0.4, -0.2) is 143 Å². The van der Waals surface area contributed by atoms with Gasteiger partial charge >= 0.3 is 0 Å². The first kappa shape index (κ1) is 42.6. The highest BCUT2D eigenvalue weighted by atomic mass is 16.6. The second kappa shape index (κ2) is 34.4. The number of hydrogen-bond donors (Lipinski definition) is 1. The molecule has 0 saturated carbocycles. The molecular formula is C32H66O11. The lowest BCUT2D eigenvalue weighted by molar-refractivity contribution is -0.0344. The average molecular weight is 627 g/mol. The van der Waals surface area contributed by atoms with E-state index in [1.54, 1.807) is 0 Å². The predicted molar refractivity (Wildman–Crippen MR) is 167 cm³/mol. The molecule has 0 saturated heterocycles. The molecule has 0 heterocycles. The fraction of sp³-hybridized carbons (Fsp3) is 1.00. The van der Waals surface area contributed by atoms with Crippen molar-refractivity contribution < 1.29 is 52.5 Å². The van der Waals surface area contributed by atoms with Crippen molar-refractivity contribution in [3.8, 4) is 0 Å². The third-order valence-corrected chi connectivity index (χ3v) is 6.07. The number of ether oxygens (including phenoxy) is 10. The number of rotatable bonds is 36. The molecule has 0 bridgehead atoms. The zero-order valence-electron chi connectivity index (χ0n) is 28.1. The van der Waals surface area contributed by atoms with Crippen LogP contribution in [0.2, 0.25) is 0 Å². The maximum atomic E-state index is 8.58. The lowest BCUT2D eigenvalue weighted by atomic mass is 9.91. The highest BCUT2D eigenvalue weighted by Gasteiger charge is 2.16. The van der Waals surface area contributed by atoms with Crippen LogP contribution in [0.5, 0.6) is 0 Å². The molecule has 11 heteroatoms. The highest BCUT2D eigenvalue weighted by Crippen LogP contribution is 2.21. The quantitative estimate of drug-likeness (QED) is 0.103. The zero-order valence-corrected chi connectivity index (χ0v) is 28.1. The van der Waals surface area contributed by atoms with Crippen LogP contribution >= 0.6 is 0 Å². The molecule has 0 aromatic carbocycles. The van der Waals surface area contributed by atoms with Crippen LogP contribution < -0.4 is 0 Å². The molecule has 11 nitrogen and oxygen atoms in total. The van der Waals surface area contributed by atoms with E-state index in [2.05, 4.69) is 34.6 Å². The molecule has 43 heavy (non-hydrogen) atoms. The molecule has 0 radical (unpaired) electrons. The van der Waals surface area contributed by atoms with Crippen molar-refractivity contribution in [3.05, 3.63) is 0 Å². The first-order valence-electron chi connectivity index (χ1n) is 16.4. The maximum Gasteiger partial charge on any atom is 0.0704 e. The summed E-state index contributed by atoms with van der Waals surface area (Å²) in [4.78, 5) is 0. The molecule has 0 aliphatic heterocycles. The SMILES string of the molecule is CC(C)CC(C)CC(CC(C)C)OCCOCCOCCOCCOCCOCCOCCOCCOCCOCCO. The van der Waals surface area contributed by atoms with Crippen LogP contribution in [0.3, 0.4) is 0 Å². The van der Waals surface area contributed by atoms with Crippen LogP contribution in [-0.2, 0) is 47.4 Å². The van der Waals surface area contributed by atoms with Crippen LogP contribution in [0.15, 0.2) is 0 Å². The topological polar surface area (TPSA) is 113 Å². The third-order valence-electron chi connectivity index (χ3n) is 6.07. The van der Waals surface area contributed by atoms with Crippen LogP contribution in [0.4, 0.5) is 0 Å². The fourth-order valence-corrected chi connectivity index (χ4v) is 4.31. The normalized spacial score (nSPS) is 13.4. The second-order valence-electron chi connectivity index (χ2n) is 11.3. The largest absolute Gasteiger partial charge is 0.394 e. The van der Waals surface area contributed by atoms with Crippen molar-refractivity contribution in [2.24, 2.45) is 17.8 Å². The van der Waals surface area contributed by atoms with Gasteiger partial charge in [0.1, 0.15) is 0 Å². The van der Waals surface area contributed by atoms with E-state index in [4.69, 9.17) is 52.5 Å². The van der Waals surface area contributed by atoms with Crippen molar-refractivity contribution in [1.82, 2.24) is 0 Å². The van der Waals surface area contributed by atoms with Crippen molar-refractivity contribution in [3.63, 3.8) is 0 Å². The van der Waals surface area contributed by atoms with Gasteiger partial charge in [-0.2, -0.15) is 0 Å². The van der Waals surface area contributed by atoms with Gasteiger partial charge in [-0.3, -0.25) is 0 Å². The summed E-state index contributed by atoms with van der Waals surface area (Å²) in [7, 11) is 0. The molecular weight excluding hydrogens is 560 g/mol. The molecule has 260 valence electrons. The Labute approximate surface area is 262 Å². The molecule has 1 N–H and O–H groups in total. The third kappa shape index (κ3) is 35.9. The Balaban J connectivity index is 3.29. The first-order valence-corrected chi connectivity index (χ1v) is 16.4. The van der Waals surface area contributed by atoms with Crippen LogP contribution in [0, 0.1) is 17.8 Å². The van der Waals surface area contributed by atoms with E-state index in [0.29, 0.717) is 143 Å². The summed E-state index contributed by atoms with van der Waals surface area (Å²) in [6.07, 6.45) is 3.78. The van der Waals surface area contributed by atoms with Gasteiger partial charge in [0.15, 0.2) is 0 Å². The van der Waals surface area contributed by atoms with Crippen LogP contribution in [0.1, 0.15) is 53.9 Å². The van der Waals surface area contributed by atoms with Crippen molar-refractivity contribution in [2.45, 2.75) is 60.0 Å². The van der Waals surface area contributed by atoms with E-state index in [9.17, 15) is 0 Å². The lowest BCUT2D eigenvalue weighted by Gasteiger charge is -2.24. The summed E-state index contributed by atoms with van der Waals surface area (Å²) >= 11 is 0. The highest BCUT2D eigenvalue weighted by molar-refractivity contribution is 4.67. The van der Waals surface area contributed by atoms with E-state index in [1.807, 2.05) is 0 Å². The van der Waals surface area contributed by atoms with Crippen LogP contribution in [0.25, 0.3) is 0 Å². The molecule has 0 aliphatic carbocycles. The minimum absolute atomic E-state index is 0.0292. The maximum absolute atomic E-state index is 8.58. The van der Waals surface area contributed by atoms with E-state index in [0.717, 1.165) is 18.8 Å². The van der Waals surface area contributed by atoms with Crippen molar-refractivity contribution >= 4 is 0 Å². The fourth-order valence-electron chi connectivity index (χ4n) is 4.31. The van der Waals surface area contributed by atoms with E-state index < -0.39 is 0 Å².